The summed E-state index contributed by atoms with van der Waals surface area (Å²) < 4.78 is 34.9. The van der Waals surface area contributed by atoms with Gasteiger partial charge < -0.3 is 14.8 Å². The van der Waals surface area contributed by atoms with Crippen molar-refractivity contribution >= 4 is 0 Å². The second kappa shape index (κ2) is 6.99. The van der Waals surface area contributed by atoms with Crippen LogP contribution >= 0.6 is 0 Å². The Kier molecular flexibility index (Phi) is 5.31. The first-order valence-electron chi connectivity index (χ1n) is 6.95. The molecule has 3 nitrogen and oxygen atoms in total. The lowest BCUT2D eigenvalue weighted by Gasteiger charge is -2.32. The van der Waals surface area contributed by atoms with Crippen LogP contribution in [-0.4, -0.2) is 25.8 Å². The van der Waals surface area contributed by atoms with Gasteiger partial charge in [-0.05, 0) is 30.0 Å². The van der Waals surface area contributed by atoms with Crippen molar-refractivity contribution in [3.8, 4) is 5.75 Å². The van der Waals surface area contributed by atoms with E-state index in [1.807, 2.05) is 6.07 Å². The van der Waals surface area contributed by atoms with Crippen LogP contribution in [-0.2, 0) is 4.74 Å². The van der Waals surface area contributed by atoms with Crippen LogP contribution in [0.4, 0.5) is 8.78 Å². The number of morpholine rings is 1. The summed E-state index contributed by atoms with van der Waals surface area (Å²) in [5, 5.41) is 3.34. The van der Waals surface area contributed by atoms with Crippen molar-refractivity contribution < 1.29 is 18.3 Å². The van der Waals surface area contributed by atoms with Crippen molar-refractivity contribution in [1.29, 1.82) is 0 Å². The van der Waals surface area contributed by atoms with E-state index in [9.17, 15) is 8.78 Å². The van der Waals surface area contributed by atoms with E-state index in [2.05, 4.69) is 23.9 Å². The second-order valence-corrected chi connectivity index (χ2v) is 5.49. The molecular weight excluding hydrogens is 264 g/mol. The average Bonchev–Trinajstić information content (AvgIpc) is 2.38. The maximum Gasteiger partial charge on any atom is 0.387 e. The molecule has 20 heavy (non-hydrogen) atoms. The molecule has 0 amide bonds. The van der Waals surface area contributed by atoms with Crippen molar-refractivity contribution in [2.24, 2.45) is 5.92 Å². The number of halogens is 2. The van der Waals surface area contributed by atoms with Crippen LogP contribution in [0.3, 0.4) is 0 Å². The molecule has 2 rings (SSSR count). The van der Waals surface area contributed by atoms with E-state index in [0.29, 0.717) is 12.5 Å². The highest BCUT2D eigenvalue weighted by Crippen LogP contribution is 2.27. The highest BCUT2D eigenvalue weighted by molar-refractivity contribution is 5.30. The Labute approximate surface area is 118 Å². The normalized spacial score (nSPS) is 23.3. The van der Waals surface area contributed by atoms with E-state index in [1.165, 1.54) is 6.07 Å². The van der Waals surface area contributed by atoms with E-state index in [4.69, 9.17) is 4.74 Å². The first-order valence-corrected chi connectivity index (χ1v) is 6.95. The molecule has 1 fully saturated rings. The Hall–Kier alpha value is -1.20. The lowest BCUT2D eigenvalue weighted by atomic mass is 10.0. The Morgan fingerprint density at radius 2 is 2.15 bits per heavy atom. The third kappa shape index (κ3) is 4.42. The summed E-state index contributed by atoms with van der Waals surface area (Å²) in [4.78, 5) is 0. The van der Waals surface area contributed by atoms with Gasteiger partial charge in [-0.15, -0.1) is 0 Å². The van der Waals surface area contributed by atoms with Gasteiger partial charge in [0.15, 0.2) is 0 Å². The zero-order valence-electron chi connectivity index (χ0n) is 11.8. The molecule has 0 aromatic heterocycles. The zero-order valence-corrected chi connectivity index (χ0v) is 11.8. The minimum atomic E-state index is -2.80. The molecule has 0 bridgehead atoms. The van der Waals surface area contributed by atoms with Crippen LogP contribution in [0, 0.1) is 5.92 Å². The van der Waals surface area contributed by atoms with Crippen LogP contribution in [0.5, 0.6) is 5.75 Å². The maximum atomic E-state index is 12.2. The van der Waals surface area contributed by atoms with Crippen molar-refractivity contribution in [2.75, 3.05) is 13.1 Å². The average molecular weight is 285 g/mol. The fraction of sp³-hybridized carbons (Fsp3) is 0.600. The number of nitrogens with one attached hydrogen (secondary N) is 1. The second-order valence-electron chi connectivity index (χ2n) is 5.49. The molecule has 1 aliphatic heterocycles. The van der Waals surface area contributed by atoms with Gasteiger partial charge in [-0.2, -0.15) is 8.78 Å². The van der Waals surface area contributed by atoms with E-state index in [1.54, 1.807) is 12.1 Å². The number of ether oxygens (including phenoxy) is 2. The summed E-state index contributed by atoms with van der Waals surface area (Å²) in [6.45, 7) is 3.03. The van der Waals surface area contributed by atoms with Gasteiger partial charge in [0.2, 0.25) is 0 Å². The Balaban J connectivity index is 2.03. The van der Waals surface area contributed by atoms with Gasteiger partial charge in [0, 0.05) is 13.1 Å². The number of hydrogen-bond donors (Lipinski definition) is 1. The van der Waals surface area contributed by atoms with Crippen LogP contribution in [0.25, 0.3) is 0 Å². The van der Waals surface area contributed by atoms with Crippen LogP contribution < -0.4 is 10.1 Å². The van der Waals surface area contributed by atoms with Crippen molar-refractivity contribution in [3.05, 3.63) is 29.8 Å². The molecule has 1 heterocycles. The molecule has 1 N–H and O–H groups in total. The molecule has 0 aliphatic carbocycles. The number of alkyl halides is 2. The molecule has 0 radical (unpaired) electrons. The topological polar surface area (TPSA) is 30.5 Å². The van der Waals surface area contributed by atoms with Crippen molar-refractivity contribution in [2.45, 2.75) is 39.1 Å². The number of benzene rings is 1. The van der Waals surface area contributed by atoms with Crippen molar-refractivity contribution in [1.82, 2.24) is 5.32 Å². The first kappa shape index (κ1) is 15.2. The monoisotopic (exact) mass is 285 g/mol. The molecule has 0 saturated carbocycles. The van der Waals surface area contributed by atoms with Gasteiger partial charge in [-0.25, -0.2) is 0 Å². The molecule has 0 spiro atoms. The quantitative estimate of drug-likeness (QED) is 0.900. The molecule has 1 aromatic rings. The van der Waals surface area contributed by atoms with E-state index in [0.717, 1.165) is 18.5 Å². The summed E-state index contributed by atoms with van der Waals surface area (Å²) in [6.07, 6.45) is 1.03. The summed E-state index contributed by atoms with van der Waals surface area (Å²) in [6, 6.07) is 6.73. The molecule has 1 saturated heterocycles. The predicted octanol–water partition coefficient (Wildman–Crippen LogP) is 3.36. The number of hydrogen-bond acceptors (Lipinski definition) is 3. The van der Waals surface area contributed by atoms with Gasteiger partial charge in [0.25, 0.3) is 0 Å². The number of rotatable bonds is 5. The van der Waals surface area contributed by atoms with Gasteiger partial charge >= 0.3 is 6.61 Å². The van der Waals surface area contributed by atoms with E-state index >= 15 is 0 Å². The fourth-order valence-corrected chi connectivity index (χ4v) is 2.46. The standard InChI is InChI=1S/C15H21F2NO2/c1-10(2)6-13-8-18-9-14(19-13)11-4-3-5-12(7-11)20-15(16)17/h3-5,7,10,13-15,18H,6,8-9H2,1-2H3. The highest BCUT2D eigenvalue weighted by atomic mass is 19.3. The van der Waals surface area contributed by atoms with Gasteiger partial charge in [-0.1, -0.05) is 26.0 Å². The van der Waals surface area contributed by atoms with Crippen LogP contribution in [0.2, 0.25) is 0 Å². The molecule has 2 atom stereocenters. The van der Waals surface area contributed by atoms with E-state index in [-0.39, 0.29) is 18.0 Å². The largest absolute Gasteiger partial charge is 0.435 e. The SMILES string of the molecule is CC(C)CC1CNCC(c2cccc(OC(F)F)c2)O1. The molecular formula is C15H21F2NO2. The third-order valence-corrected chi connectivity index (χ3v) is 3.25. The van der Waals surface area contributed by atoms with Crippen LogP contribution in [0.1, 0.15) is 31.9 Å². The minimum absolute atomic E-state index is 0.117. The Morgan fingerprint density at radius 3 is 2.85 bits per heavy atom. The lowest BCUT2D eigenvalue weighted by Crippen LogP contribution is -2.41. The zero-order chi connectivity index (χ0) is 14.5. The maximum absolute atomic E-state index is 12.2. The third-order valence-electron chi connectivity index (χ3n) is 3.25. The summed E-state index contributed by atoms with van der Waals surface area (Å²) in [5.74, 6) is 0.737. The lowest BCUT2D eigenvalue weighted by molar-refractivity contribution is -0.0531. The summed E-state index contributed by atoms with van der Waals surface area (Å²) in [5.41, 5.74) is 0.865. The minimum Gasteiger partial charge on any atom is -0.435 e. The molecule has 5 heteroatoms. The fourth-order valence-electron chi connectivity index (χ4n) is 2.46. The smallest absolute Gasteiger partial charge is 0.387 e. The summed E-state index contributed by atoms with van der Waals surface area (Å²) in [7, 11) is 0. The molecule has 112 valence electrons. The van der Waals surface area contributed by atoms with Crippen molar-refractivity contribution in [3.63, 3.8) is 0 Å². The molecule has 1 aromatic carbocycles. The highest BCUT2D eigenvalue weighted by Gasteiger charge is 2.24. The van der Waals surface area contributed by atoms with Gasteiger partial charge in [-0.3, -0.25) is 0 Å². The Bertz CT molecular complexity index is 426. The summed E-state index contributed by atoms with van der Waals surface area (Å²) >= 11 is 0. The molecule has 2 unspecified atom stereocenters. The molecule has 1 aliphatic rings. The van der Waals surface area contributed by atoms with Gasteiger partial charge in [0.05, 0.1) is 12.2 Å². The predicted molar refractivity (Wildman–Crippen MR) is 73.0 cm³/mol. The van der Waals surface area contributed by atoms with Gasteiger partial charge in [0.1, 0.15) is 5.75 Å². The van der Waals surface area contributed by atoms with Crippen LogP contribution in [0.15, 0.2) is 24.3 Å². The first-order chi connectivity index (χ1) is 9.54. The van der Waals surface area contributed by atoms with E-state index < -0.39 is 6.61 Å². The Morgan fingerprint density at radius 1 is 1.35 bits per heavy atom.